The molecule has 1 saturated heterocycles. The van der Waals surface area contributed by atoms with Gasteiger partial charge in [0.25, 0.3) is 0 Å². The Morgan fingerprint density at radius 3 is 2.73 bits per heavy atom. The normalized spacial score (nSPS) is 19.7. The fourth-order valence-electron chi connectivity index (χ4n) is 3.34. The third-order valence-electron chi connectivity index (χ3n) is 4.70. The smallest absolute Gasteiger partial charge is 0.226 e. The van der Waals surface area contributed by atoms with Crippen molar-refractivity contribution < 1.29 is 19.0 Å². The molecule has 1 N–H and O–H groups in total. The molecule has 2 aromatic rings. The molecule has 2 aliphatic heterocycles. The predicted molar refractivity (Wildman–Crippen MR) is 99.8 cm³/mol. The number of carbonyl (C=O) groups excluding carboxylic acids is 1. The number of hydrogen-bond donors (Lipinski definition) is 1. The second-order valence-corrected chi connectivity index (χ2v) is 7.24. The quantitative estimate of drug-likeness (QED) is 0.885. The molecular formula is C18H21N3O4S. The van der Waals surface area contributed by atoms with Gasteiger partial charge in [-0.2, -0.15) is 0 Å². The number of hydrogen-bond acceptors (Lipinski definition) is 7. The molecule has 0 unspecified atom stereocenters. The summed E-state index contributed by atoms with van der Waals surface area (Å²) in [6.45, 7) is 3.05. The molecule has 1 amide bonds. The van der Waals surface area contributed by atoms with Gasteiger partial charge in [0.1, 0.15) is 5.82 Å². The van der Waals surface area contributed by atoms with Crippen molar-refractivity contribution in [2.24, 2.45) is 0 Å². The Balaban J connectivity index is 1.70. The molecule has 7 nitrogen and oxygen atoms in total. The van der Waals surface area contributed by atoms with Gasteiger partial charge in [-0.1, -0.05) is 17.4 Å². The summed E-state index contributed by atoms with van der Waals surface area (Å²) in [6, 6.07) is 5.81. The first kappa shape index (κ1) is 17.1. The average Bonchev–Trinajstić information content (AvgIpc) is 3.11. The molecule has 1 atom stereocenters. The zero-order valence-corrected chi connectivity index (χ0v) is 15.6. The van der Waals surface area contributed by atoms with Gasteiger partial charge < -0.3 is 24.4 Å². The molecule has 0 aliphatic carbocycles. The molecule has 1 aromatic heterocycles. The van der Waals surface area contributed by atoms with Crippen molar-refractivity contribution >= 4 is 28.2 Å². The first-order valence-electron chi connectivity index (χ1n) is 8.54. The highest BCUT2D eigenvalue weighted by Gasteiger charge is 2.32. The summed E-state index contributed by atoms with van der Waals surface area (Å²) < 4.78 is 16.2. The maximum atomic E-state index is 12.2. The highest BCUT2D eigenvalue weighted by Crippen LogP contribution is 2.44. The maximum Gasteiger partial charge on any atom is 0.226 e. The molecule has 0 radical (unpaired) electrons. The van der Waals surface area contributed by atoms with E-state index in [0.29, 0.717) is 37.0 Å². The van der Waals surface area contributed by atoms with E-state index in [2.05, 4.69) is 15.2 Å². The SMILES string of the molecule is COc1ccc([C@H]2CC(=O)Nc3nc(N4CCOCC4)sc32)cc1OC. The van der Waals surface area contributed by atoms with Crippen molar-refractivity contribution in [3.8, 4) is 11.5 Å². The number of benzene rings is 1. The van der Waals surface area contributed by atoms with Gasteiger partial charge in [0.05, 0.1) is 32.3 Å². The van der Waals surface area contributed by atoms with E-state index in [4.69, 9.17) is 14.2 Å². The van der Waals surface area contributed by atoms with Gasteiger partial charge in [0.2, 0.25) is 5.91 Å². The van der Waals surface area contributed by atoms with E-state index < -0.39 is 0 Å². The van der Waals surface area contributed by atoms with E-state index in [-0.39, 0.29) is 11.8 Å². The van der Waals surface area contributed by atoms with Crippen LogP contribution in [-0.2, 0) is 9.53 Å². The monoisotopic (exact) mass is 375 g/mol. The van der Waals surface area contributed by atoms with E-state index in [1.165, 1.54) is 0 Å². The van der Waals surface area contributed by atoms with Gasteiger partial charge in [-0.15, -0.1) is 0 Å². The van der Waals surface area contributed by atoms with Crippen molar-refractivity contribution in [2.45, 2.75) is 12.3 Å². The van der Waals surface area contributed by atoms with Crippen LogP contribution in [0.2, 0.25) is 0 Å². The molecule has 26 heavy (non-hydrogen) atoms. The molecule has 2 aliphatic rings. The van der Waals surface area contributed by atoms with Crippen LogP contribution in [0.3, 0.4) is 0 Å². The van der Waals surface area contributed by atoms with Crippen LogP contribution in [0.5, 0.6) is 11.5 Å². The second-order valence-electron chi connectivity index (χ2n) is 6.23. The minimum atomic E-state index is -0.0363. The maximum absolute atomic E-state index is 12.2. The van der Waals surface area contributed by atoms with Gasteiger partial charge in [-0.3, -0.25) is 4.79 Å². The van der Waals surface area contributed by atoms with Crippen LogP contribution < -0.4 is 19.7 Å². The first-order valence-corrected chi connectivity index (χ1v) is 9.36. The number of morpholine rings is 1. The number of nitrogens with one attached hydrogen (secondary N) is 1. The molecular weight excluding hydrogens is 354 g/mol. The number of methoxy groups -OCH3 is 2. The zero-order chi connectivity index (χ0) is 18.1. The third-order valence-corrected chi connectivity index (χ3v) is 5.93. The van der Waals surface area contributed by atoms with Crippen LogP contribution in [0.1, 0.15) is 22.8 Å². The number of ether oxygens (including phenoxy) is 3. The van der Waals surface area contributed by atoms with Crippen LogP contribution >= 0.6 is 11.3 Å². The van der Waals surface area contributed by atoms with Crippen molar-refractivity contribution in [1.29, 1.82) is 0 Å². The lowest BCUT2D eigenvalue weighted by molar-refractivity contribution is -0.116. The number of thiazole rings is 1. The van der Waals surface area contributed by atoms with Crippen LogP contribution in [0.25, 0.3) is 0 Å². The van der Waals surface area contributed by atoms with Crippen LogP contribution in [0, 0.1) is 0 Å². The Morgan fingerprint density at radius 2 is 2.00 bits per heavy atom. The van der Waals surface area contributed by atoms with Crippen molar-refractivity contribution in [3.05, 3.63) is 28.6 Å². The summed E-state index contributed by atoms with van der Waals surface area (Å²) in [5.74, 6) is 1.96. The number of fused-ring (bicyclic) bond motifs is 1. The van der Waals surface area contributed by atoms with Crippen LogP contribution in [0.4, 0.5) is 10.9 Å². The van der Waals surface area contributed by atoms with Gasteiger partial charge in [0, 0.05) is 25.4 Å². The Morgan fingerprint density at radius 1 is 1.23 bits per heavy atom. The third kappa shape index (κ3) is 3.10. The lowest BCUT2D eigenvalue weighted by atomic mass is 9.91. The van der Waals surface area contributed by atoms with Gasteiger partial charge >= 0.3 is 0 Å². The molecule has 138 valence electrons. The zero-order valence-electron chi connectivity index (χ0n) is 14.8. The number of amides is 1. The summed E-state index contributed by atoms with van der Waals surface area (Å²) in [7, 11) is 3.23. The minimum absolute atomic E-state index is 0.0175. The van der Waals surface area contributed by atoms with Crippen LogP contribution in [0.15, 0.2) is 18.2 Å². The summed E-state index contributed by atoms with van der Waals surface area (Å²) >= 11 is 1.64. The Hall–Kier alpha value is -2.32. The number of carbonyl (C=O) groups is 1. The summed E-state index contributed by atoms with van der Waals surface area (Å²) in [5.41, 5.74) is 1.02. The van der Waals surface area contributed by atoms with E-state index in [1.54, 1.807) is 25.6 Å². The molecule has 0 bridgehead atoms. The topological polar surface area (TPSA) is 72.9 Å². The molecule has 8 heteroatoms. The number of anilines is 2. The van der Waals surface area contributed by atoms with Gasteiger partial charge in [-0.25, -0.2) is 4.98 Å². The second kappa shape index (κ2) is 7.13. The van der Waals surface area contributed by atoms with E-state index >= 15 is 0 Å². The number of aromatic nitrogens is 1. The molecule has 0 spiro atoms. The molecule has 1 aromatic carbocycles. The molecule has 0 saturated carbocycles. The first-order chi connectivity index (χ1) is 12.7. The number of rotatable bonds is 4. The van der Waals surface area contributed by atoms with Gasteiger partial charge in [-0.05, 0) is 17.7 Å². The van der Waals surface area contributed by atoms with Crippen molar-refractivity contribution in [3.63, 3.8) is 0 Å². The highest BCUT2D eigenvalue weighted by molar-refractivity contribution is 7.16. The highest BCUT2D eigenvalue weighted by atomic mass is 32.1. The Bertz CT molecular complexity index is 817. The molecule has 4 rings (SSSR count). The van der Waals surface area contributed by atoms with Crippen molar-refractivity contribution in [2.75, 3.05) is 50.7 Å². The lowest BCUT2D eigenvalue weighted by Gasteiger charge is -2.26. The molecule has 1 fully saturated rings. The lowest BCUT2D eigenvalue weighted by Crippen LogP contribution is -2.36. The molecule has 3 heterocycles. The minimum Gasteiger partial charge on any atom is -0.493 e. The van der Waals surface area contributed by atoms with E-state index in [9.17, 15) is 4.79 Å². The van der Waals surface area contributed by atoms with Gasteiger partial charge in [0.15, 0.2) is 16.6 Å². The Kier molecular flexibility index (Phi) is 4.69. The van der Waals surface area contributed by atoms with E-state index in [0.717, 1.165) is 28.7 Å². The average molecular weight is 375 g/mol. The number of nitrogens with zero attached hydrogens (tertiary/aromatic N) is 2. The van der Waals surface area contributed by atoms with Crippen molar-refractivity contribution in [1.82, 2.24) is 4.98 Å². The summed E-state index contributed by atoms with van der Waals surface area (Å²) in [6.07, 6.45) is 0.396. The largest absolute Gasteiger partial charge is 0.493 e. The summed E-state index contributed by atoms with van der Waals surface area (Å²) in [4.78, 5) is 20.2. The Labute approximate surface area is 155 Å². The standard InChI is InChI=1S/C18H21N3O4S/c1-23-13-4-3-11(9-14(13)24-2)12-10-15(22)19-17-16(12)26-18(20-17)21-5-7-25-8-6-21/h3-4,9,12H,5-8,10H2,1-2H3,(H,19,22)/t12-/m1/s1. The fraction of sp³-hybridized carbons (Fsp3) is 0.444. The van der Waals surface area contributed by atoms with Crippen LogP contribution in [-0.4, -0.2) is 51.4 Å². The van der Waals surface area contributed by atoms with E-state index in [1.807, 2.05) is 18.2 Å². The fourth-order valence-corrected chi connectivity index (χ4v) is 4.54. The summed E-state index contributed by atoms with van der Waals surface area (Å²) in [5, 5.41) is 3.85. The predicted octanol–water partition coefficient (Wildman–Crippen LogP) is 2.47.